The number of anilines is 2. The Morgan fingerprint density at radius 1 is 0.541 bits per heavy atom. The van der Waals surface area contributed by atoms with Crippen molar-refractivity contribution in [3.8, 4) is 33.4 Å². The maximum Gasteiger partial charge on any atom is 0.0464 e. The van der Waals surface area contributed by atoms with E-state index in [0.717, 1.165) is 36.1 Å². The molecule has 1 unspecified atom stereocenters. The van der Waals surface area contributed by atoms with Gasteiger partial charge in [0.25, 0.3) is 0 Å². The SMILES string of the molecule is C=Cc1cccc(C(C2=CC=CCC=C2)c2ccc3c(c2)C(C)(C)c2cc(-c4ccc5c(c4)C(C)(C)c4cc(N(C6=CC=CCC6)c6cccc(C=C)c6)ccc4-5)ccc2-3)c1. The highest BCUT2D eigenvalue weighted by atomic mass is 15.1. The van der Waals surface area contributed by atoms with Crippen molar-refractivity contribution < 1.29 is 0 Å². The fourth-order valence-electron chi connectivity index (χ4n) is 10.4. The quantitative estimate of drug-likeness (QED) is 0.141. The fourth-order valence-corrected chi connectivity index (χ4v) is 10.4. The molecule has 1 nitrogen and oxygen atoms in total. The van der Waals surface area contributed by atoms with E-state index in [0.29, 0.717) is 0 Å². The molecule has 6 aromatic rings. The van der Waals surface area contributed by atoms with Crippen molar-refractivity contribution in [2.45, 2.75) is 63.7 Å². The van der Waals surface area contributed by atoms with Crippen molar-refractivity contribution in [3.05, 3.63) is 239 Å². The van der Waals surface area contributed by atoms with E-state index in [1.807, 2.05) is 12.2 Å². The molecular weight excluding hydrogens is 735 g/mol. The van der Waals surface area contributed by atoms with Gasteiger partial charge < -0.3 is 4.90 Å². The third-order valence-electron chi connectivity index (χ3n) is 13.7. The molecule has 0 aliphatic heterocycles. The second-order valence-electron chi connectivity index (χ2n) is 18.1. The van der Waals surface area contributed by atoms with E-state index >= 15 is 0 Å². The van der Waals surface area contributed by atoms with Gasteiger partial charge in [-0.25, -0.2) is 0 Å². The highest BCUT2D eigenvalue weighted by Gasteiger charge is 2.38. The van der Waals surface area contributed by atoms with Crippen molar-refractivity contribution in [1.29, 1.82) is 0 Å². The van der Waals surface area contributed by atoms with Gasteiger partial charge in [-0.05, 0) is 145 Å². The predicted molar refractivity (Wildman–Crippen MR) is 261 cm³/mol. The third-order valence-corrected chi connectivity index (χ3v) is 13.7. The van der Waals surface area contributed by atoms with Crippen LogP contribution in [0.2, 0.25) is 0 Å². The van der Waals surface area contributed by atoms with Gasteiger partial charge >= 0.3 is 0 Å². The van der Waals surface area contributed by atoms with E-state index in [4.69, 9.17) is 0 Å². The van der Waals surface area contributed by atoms with Crippen molar-refractivity contribution >= 4 is 23.5 Å². The molecule has 298 valence electrons. The molecule has 0 saturated heterocycles. The molecule has 0 N–H and O–H groups in total. The highest BCUT2D eigenvalue weighted by molar-refractivity contribution is 5.88. The predicted octanol–water partition coefficient (Wildman–Crippen LogP) is 16.2. The van der Waals surface area contributed by atoms with Crippen LogP contribution in [0.15, 0.2) is 194 Å². The Morgan fingerprint density at radius 2 is 1.11 bits per heavy atom. The molecule has 10 rings (SSSR count). The lowest BCUT2D eigenvalue weighted by Gasteiger charge is -2.31. The van der Waals surface area contributed by atoms with Gasteiger partial charge in [0.1, 0.15) is 0 Å². The molecule has 4 aliphatic rings. The molecule has 6 aromatic carbocycles. The molecule has 0 heterocycles. The lowest BCUT2D eigenvalue weighted by atomic mass is 9.78. The number of benzene rings is 6. The zero-order valence-electron chi connectivity index (χ0n) is 35.9. The van der Waals surface area contributed by atoms with Crippen LogP contribution in [0.1, 0.15) is 97.4 Å². The number of hydrogen-bond acceptors (Lipinski definition) is 1. The maximum absolute atomic E-state index is 4.07. The summed E-state index contributed by atoms with van der Waals surface area (Å²) in [6.45, 7) is 17.7. The van der Waals surface area contributed by atoms with Gasteiger partial charge in [0.05, 0.1) is 0 Å². The molecule has 1 atom stereocenters. The van der Waals surface area contributed by atoms with E-state index in [1.165, 1.54) is 83.7 Å². The molecule has 4 aliphatic carbocycles. The Bertz CT molecular complexity index is 2930. The monoisotopic (exact) mass is 787 g/mol. The van der Waals surface area contributed by atoms with Gasteiger partial charge in [0.15, 0.2) is 0 Å². The van der Waals surface area contributed by atoms with Crippen LogP contribution in [0, 0.1) is 0 Å². The first-order valence-electron chi connectivity index (χ1n) is 21.9. The molecule has 0 bridgehead atoms. The fraction of sp³-hybridized carbons (Fsp3) is 0.167. The second kappa shape index (κ2) is 15.1. The molecule has 0 aromatic heterocycles. The Hall–Kier alpha value is -6.70. The first kappa shape index (κ1) is 38.5. The summed E-state index contributed by atoms with van der Waals surface area (Å²) in [5.74, 6) is 0.113. The minimum atomic E-state index is -0.172. The standard InChI is InChI=1S/C60H53N/c1-7-40-18-16-22-45(34-40)58(42-20-12-9-10-13-21-42)46-28-32-52-50-30-26-43(36-54(50)59(3,4)56(52)38-46)44-27-31-51-53-33-29-49(39-57(53)60(5,6)55(51)37-44)61(47-23-14-11-15-24-47)48-25-17-19-41(8-2)35-48/h7-9,11-14,16-23,25-39,58H,1-2,10,15,24H2,3-6H3. The summed E-state index contributed by atoms with van der Waals surface area (Å²) in [7, 11) is 0. The summed E-state index contributed by atoms with van der Waals surface area (Å²) in [5, 5.41) is 0. The Kier molecular flexibility index (Phi) is 9.52. The van der Waals surface area contributed by atoms with E-state index in [-0.39, 0.29) is 16.7 Å². The summed E-state index contributed by atoms with van der Waals surface area (Å²) in [5.41, 5.74) is 22.9. The van der Waals surface area contributed by atoms with Crippen molar-refractivity contribution in [2.75, 3.05) is 4.90 Å². The van der Waals surface area contributed by atoms with Gasteiger partial charge in [-0.1, -0.05) is 180 Å². The molecule has 61 heavy (non-hydrogen) atoms. The number of hydrogen-bond donors (Lipinski definition) is 0. The van der Waals surface area contributed by atoms with E-state index in [9.17, 15) is 0 Å². The molecule has 1 heteroatoms. The zero-order chi connectivity index (χ0) is 41.9. The number of rotatable bonds is 9. The van der Waals surface area contributed by atoms with Gasteiger partial charge in [0.2, 0.25) is 0 Å². The van der Waals surface area contributed by atoms with Gasteiger partial charge in [-0.3, -0.25) is 0 Å². The molecule has 0 spiro atoms. The summed E-state index contributed by atoms with van der Waals surface area (Å²) in [6, 6.07) is 46.2. The van der Waals surface area contributed by atoms with Gasteiger partial charge in [0, 0.05) is 33.8 Å². The largest absolute Gasteiger partial charge is 0.314 e. The minimum absolute atomic E-state index is 0.113. The van der Waals surface area contributed by atoms with E-state index in [2.05, 4.69) is 216 Å². The van der Waals surface area contributed by atoms with Crippen LogP contribution < -0.4 is 4.90 Å². The van der Waals surface area contributed by atoms with Crippen LogP contribution in [0.5, 0.6) is 0 Å². The lowest BCUT2D eigenvalue weighted by Crippen LogP contribution is -2.19. The Balaban J connectivity index is 0.997. The first-order chi connectivity index (χ1) is 29.6. The van der Waals surface area contributed by atoms with Crippen LogP contribution in [0.4, 0.5) is 11.4 Å². The second-order valence-corrected chi connectivity index (χ2v) is 18.1. The lowest BCUT2D eigenvalue weighted by molar-refractivity contribution is 0.658. The van der Waals surface area contributed by atoms with Crippen molar-refractivity contribution in [3.63, 3.8) is 0 Å². The first-order valence-corrected chi connectivity index (χ1v) is 21.9. The Labute approximate surface area is 362 Å². The highest BCUT2D eigenvalue weighted by Crippen LogP contribution is 2.54. The normalized spacial score (nSPS) is 16.7. The van der Waals surface area contributed by atoms with Crippen LogP contribution in [-0.2, 0) is 10.8 Å². The molecule has 0 radical (unpaired) electrons. The van der Waals surface area contributed by atoms with Crippen LogP contribution >= 0.6 is 0 Å². The number of nitrogens with zero attached hydrogens (tertiary/aromatic N) is 1. The number of fused-ring (bicyclic) bond motifs is 6. The minimum Gasteiger partial charge on any atom is -0.314 e. The van der Waals surface area contributed by atoms with Crippen LogP contribution in [-0.4, -0.2) is 0 Å². The van der Waals surface area contributed by atoms with E-state index < -0.39 is 0 Å². The summed E-state index contributed by atoms with van der Waals surface area (Å²) >= 11 is 0. The van der Waals surface area contributed by atoms with Crippen molar-refractivity contribution in [2.24, 2.45) is 0 Å². The molecule has 0 saturated carbocycles. The third kappa shape index (κ3) is 6.55. The smallest absolute Gasteiger partial charge is 0.0464 e. The summed E-state index contributed by atoms with van der Waals surface area (Å²) in [6.07, 6.45) is 24.9. The Morgan fingerprint density at radius 3 is 1.79 bits per heavy atom. The van der Waals surface area contributed by atoms with Gasteiger partial charge in [-0.15, -0.1) is 0 Å². The summed E-state index contributed by atoms with van der Waals surface area (Å²) in [4.78, 5) is 2.44. The molecule has 0 amide bonds. The van der Waals surface area contributed by atoms with Crippen molar-refractivity contribution in [1.82, 2.24) is 0 Å². The summed E-state index contributed by atoms with van der Waals surface area (Å²) < 4.78 is 0. The van der Waals surface area contributed by atoms with Gasteiger partial charge in [-0.2, -0.15) is 0 Å². The number of allylic oxidation sites excluding steroid dienone is 10. The van der Waals surface area contributed by atoms with Crippen LogP contribution in [0.3, 0.4) is 0 Å². The van der Waals surface area contributed by atoms with Crippen LogP contribution in [0.25, 0.3) is 45.5 Å². The average Bonchev–Trinajstić information content (AvgIpc) is 3.47. The topological polar surface area (TPSA) is 3.24 Å². The van der Waals surface area contributed by atoms with E-state index in [1.54, 1.807) is 0 Å². The maximum atomic E-state index is 4.07. The average molecular weight is 788 g/mol. The molecular formula is C60H53N. The molecule has 0 fully saturated rings. The zero-order valence-corrected chi connectivity index (χ0v) is 35.9.